The number of nitrogens with zero attached hydrogens (tertiary/aromatic N) is 3. The molecule has 1 aromatic rings. The van der Waals surface area contributed by atoms with E-state index in [2.05, 4.69) is 11.9 Å². The zero-order valence-electron chi connectivity index (χ0n) is 19.2. The van der Waals surface area contributed by atoms with Gasteiger partial charge in [0.15, 0.2) is 11.6 Å². The molecule has 1 aliphatic heterocycles. The Bertz CT molecular complexity index is 1010. The average Bonchev–Trinajstić information content (AvgIpc) is 3.44. The van der Waals surface area contributed by atoms with Crippen LogP contribution in [0.1, 0.15) is 73.7 Å². The second-order valence-corrected chi connectivity index (χ2v) is 8.68. The quantitative estimate of drug-likeness (QED) is 0.320. The lowest BCUT2D eigenvalue weighted by molar-refractivity contribution is -0.144. The van der Waals surface area contributed by atoms with Crippen LogP contribution in [-0.2, 0) is 14.4 Å². The van der Waals surface area contributed by atoms with Crippen molar-refractivity contribution in [2.24, 2.45) is 10.7 Å². The average molecular weight is 473 g/mol. The van der Waals surface area contributed by atoms with Crippen LogP contribution in [0, 0.1) is 12.3 Å². The fourth-order valence-corrected chi connectivity index (χ4v) is 4.54. The van der Waals surface area contributed by atoms with Crippen LogP contribution in [0.15, 0.2) is 15.5 Å². The molecule has 183 valence electrons. The van der Waals surface area contributed by atoms with Gasteiger partial charge < -0.3 is 20.2 Å². The molecule has 0 aromatic carbocycles. The lowest BCUT2D eigenvalue weighted by Crippen LogP contribution is -2.55. The fourth-order valence-electron chi connectivity index (χ4n) is 4.54. The second-order valence-electron chi connectivity index (χ2n) is 8.68. The van der Waals surface area contributed by atoms with Crippen molar-refractivity contribution in [2.75, 3.05) is 6.54 Å². The number of amides is 3. The molecule has 1 radical (unpaired) electrons. The topological polar surface area (TPSA) is 170 Å². The number of carbonyl (C=O) groups excluding carboxylic acids is 3. The smallest absolute Gasteiger partial charge is 0.347 e. The van der Waals surface area contributed by atoms with E-state index >= 15 is 0 Å². The molecule has 1 aliphatic carbocycles. The van der Waals surface area contributed by atoms with Crippen molar-refractivity contribution in [3.05, 3.63) is 30.1 Å². The summed E-state index contributed by atoms with van der Waals surface area (Å²) in [7, 11) is 0. The molecule has 3 amide bonds. The van der Waals surface area contributed by atoms with Gasteiger partial charge in [0.05, 0.1) is 11.6 Å². The van der Waals surface area contributed by atoms with Gasteiger partial charge in [-0.3, -0.25) is 24.7 Å². The molecule has 2 atom stereocenters. The summed E-state index contributed by atoms with van der Waals surface area (Å²) >= 11 is 0. The van der Waals surface area contributed by atoms with Crippen molar-refractivity contribution < 1.29 is 28.7 Å². The summed E-state index contributed by atoms with van der Waals surface area (Å²) in [6.45, 7) is 5.63. The van der Waals surface area contributed by atoms with E-state index in [1.807, 2.05) is 0 Å². The maximum Gasteiger partial charge on any atom is 0.347 e. The maximum absolute atomic E-state index is 13.7. The summed E-state index contributed by atoms with van der Waals surface area (Å²) in [6, 6.07) is -0.634. The Balaban J connectivity index is 1.92. The number of hydrogen-bond donors (Lipinski definition) is 3. The lowest BCUT2D eigenvalue weighted by Gasteiger charge is -2.36. The summed E-state index contributed by atoms with van der Waals surface area (Å²) in [5.74, 6) is -3.48. The van der Waals surface area contributed by atoms with E-state index in [-0.39, 0.29) is 29.0 Å². The van der Waals surface area contributed by atoms with E-state index in [1.165, 1.54) is 15.9 Å². The number of imide groups is 1. The Morgan fingerprint density at radius 2 is 1.94 bits per heavy atom. The number of carboxylic acids is 1. The van der Waals surface area contributed by atoms with Crippen LogP contribution in [0.3, 0.4) is 0 Å². The van der Waals surface area contributed by atoms with Crippen molar-refractivity contribution in [3.8, 4) is 0 Å². The highest BCUT2D eigenvalue weighted by Gasteiger charge is 2.42. The number of nitrogens with two attached hydrogens (primary N) is 1. The zero-order chi connectivity index (χ0) is 25.0. The Morgan fingerprint density at radius 3 is 2.56 bits per heavy atom. The number of furan rings is 1. The largest absolute Gasteiger partial charge is 0.477 e. The van der Waals surface area contributed by atoms with Crippen molar-refractivity contribution in [1.82, 2.24) is 9.80 Å². The Hall–Kier alpha value is -3.34. The molecule has 2 heterocycles. The molecule has 11 heteroatoms. The molecular formula is C23H30N5O6. The summed E-state index contributed by atoms with van der Waals surface area (Å²) in [6.07, 6.45) is 5.67. The van der Waals surface area contributed by atoms with E-state index in [4.69, 9.17) is 20.7 Å². The highest BCUT2D eigenvalue weighted by molar-refractivity contribution is 6.25. The van der Waals surface area contributed by atoms with Crippen LogP contribution in [-0.4, -0.2) is 75.3 Å². The van der Waals surface area contributed by atoms with Crippen molar-refractivity contribution in [2.45, 2.75) is 70.0 Å². The third kappa shape index (κ3) is 5.41. The molecule has 0 spiro atoms. The minimum Gasteiger partial charge on any atom is -0.477 e. The van der Waals surface area contributed by atoms with Crippen LogP contribution < -0.4 is 5.73 Å². The number of nitrogens with one attached hydrogen (secondary N) is 1. The van der Waals surface area contributed by atoms with Gasteiger partial charge >= 0.3 is 5.97 Å². The normalized spacial score (nSPS) is 19.9. The molecule has 4 N–H and O–H groups in total. The molecule has 34 heavy (non-hydrogen) atoms. The lowest BCUT2D eigenvalue weighted by atomic mass is 9.93. The molecule has 0 bridgehead atoms. The Morgan fingerprint density at radius 1 is 1.26 bits per heavy atom. The summed E-state index contributed by atoms with van der Waals surface area (Å²) in [5.41, 5.74) is 5.81. The predicted molar refractivity (Wildman–Crippen MR) is 123 cm³/mol. The van der Waals surface area contributed by atoms with E-state index in [9.17, 15) is 19.2 Å². The number of likely N-dealkylation sites (tertiary alicyclic amines) is 1. The highest BCUT2D eigenvalue weighted by atomic mass is 16.4. The first kappa shape index (κ1) is 25.3. The minimum atomic E-state index is -1.33. The Labute approximate surface area is 197 Å². The molecule has 11 nitrogen and oxygen atoms in total. The molecular weight excluding hydrogens is 442 g/mol. The number of amidine groups is 1. The van der Waals surface area contributed by atoms with Crippen LogP contribution in [0.25, 0.3) is 0 Å². The van der Waals surface area contributed by atoms with Gasteiger partial charge in [0, 0.05) is 25.6 Å². The molecule has 3 rings (SSSR count). The van der Waals surface area contributed by atoms with Crippen LogP contribution >= 0.6 is 0 Å². The Kier molecular flexibility index (Phi) is 7.98. The van der Waals surface area contributed by atoms with Gasteiger partial charge in [0.25, 0.3) is 11.8 Å². The molecule has 2 aliphatic rings. The van der Waals surface area contributed by atoms with Gasteiger partial charge in [-0.25, -0.2) is 9.79 Å². The van der Waals surface area contributed by atoms with Gasteiger partial charge in [-0.2, -0.15) is 0 Å². The first-order valence-corrected chi connectivity index (χ1v) is 11.4. The monoisotopic (exact) mass is 472 g/mol. The zero-order valence-corrected chi connectivity index (χ0v) is 19.2. The van der Waals surface area contributed by atoms with Gasteiger partial charge in [-0.1, -0.05) is 19.3 Å². The first-order chi connectivity index (χ1) is 16.1. The van der Waals surface area contributed by atoms with Gasteiger partial charge in [0.2, 0.25) is 5.91 Å². The number of aliphatic carboxylic acids is 1. The standard InChI is InChI=1S/C23H30N5O6/c1-13(24)21(31)27-10-6-9-17(27)22(32)28(15-7-4-3-5-8-15)23(33)18-11-16(14(2)34-18)20(25)26-12-19(29)30/h11-13,15,17,25H,2-10,24H2,1H3,(H,29,30)/t13-,17-/m0/s1. The minimum absolute atomic E-state index is 0.0402. The molecule has 2 fully saturated rings. The van der Waals surface area contributed by atoms with E-state index in [1.54, 1.807) is 6.92 Å². The van der Waals surface area contributed by atoms with Gasteiger partial charge in [-0.15, -0.1) is 0 Å². The van der Waals surface area contributed by atoms with E-state index in [0.717, 1.165) is 19.3 Å². The number of rotatable bonds is 6. The molecule has 1 saturated heterocycles. The van der Waals surface area contributed by atoms with Gasteiger partial charge in [-0.05, 0) is 32.6 Å². The van der Waals surface area contributed by atoms with Crippen molar-refractivity contribution in [3.63, 3.8) is 0 Å². The SMILES string of the molecule is [CH2]c1oc(C(=O)N(C(=O)[C@@H]2CCCN2C(=O)[C@H](C)N)C2CCCCC2)cc1C(=N)N=CC(=O)O. The third-order valence-corrected chi connectivity index (χ3v) is 6.19. The van der Waals surface area contributed by atoms with E-state index in [0.29, 0.717) is 38.4 Å². The summed E-state index contributed by atoms with van der Waals surface area (Å²) in [4.78, 5) is 56.7. The second kappa shape index (κ2) is 10.7. The predicted octanol–water partition coefficient (Wildman–Crippen LogP) is 1.58. The highest BCUT2D eigenvalue weighted by Crippen LogP contribution is 2.29. The molecule has 0 unspecified atom stereocenters. The number of aliphatic imine (C=N–C) groups is 1. The number of carboxylic acid groups (broad SMARTS) is 1. The third-order valence-electron chi connectivity index (χ3n) is 6.19. The number of carbonyl (C=O) groups is 4. The van der Waals surface area contributed by atoms with Gasteiger partial charge in [0.1, 0.15) is 18.0 Å². The molecule has 1 aromatic heterocycles. The maximum atomic E-state index is 13.7. The van der Waals surface area contributed by atoms with Crippen molar-refractivity contribution >= 4 is 35.7 Å². The number of hydrogen-bond acceptors (Lipinski definition) is 7. The van der Waals surface area contributed by atoms with E-state index < -0.39 is 35.7 Å². The fraction of sp³-hybridized carbons (Fsp3) is 0.522. The molecule has 1 saturated carbocycles. The van der Waals surface area contributed by atoms with Crippen LogP contribution in [0.5, 0.6) is 0 Å². The van der Waals surface area contributed by atoms with Crippen molar-refractivity contribution in [1.29, 1.82) is 5.41 Å². The first-order valence-electron chi connectivity index (χ1n) is 11.4. The van der Waals surface area contributed by atoms with Crippen LogP contribution in [0.4, 0.5) is 0 Å². The summed E-state index contributed by atoms with van der Waals surface area (Å²) < 4.78 is 5.48. The van der Waals surface area contributed by atoms with Crippen LogP contribution in [0.2, 0.25) is 0 Å². The summed E-state index contributed by atoms with van der Waals surface area (Å²) in [5, 5.41) is 16.7.